The highest BCUT2D eigenvalue weighted by Gasteiger charge is 2.27. The van der Waals surface area contributed by atoms with E-state index in [4.69, 9.17) is 0 Å². The van der Waals surface area contributed by atoms with Gasteiger partial charge in [0.25, 0.3) is 0 Å². The lowest BCUT2D eigenvalue weighted by atomic mass is 10.0. The van der Waals surface area contributed by atoms with Gasteiger partial charge < -0.3 is 10.4 Å². The van der Waals surface area contributed by atoms with E-state index in [1.54, 1.807) is 0 Å². The van der Waals surface area contributed by atoms with Crippen LogP contribution < -0.4 is 5.32 Å². The summed E-state index contributed by atoms with van der Waals surface area (Å²) in [6, 6.07) is 4.88. The summed E-state index contributed by atoms with van der Waals surface area (Å²) in [5, 5.41) is 12.9. The first kappa shape index (κ1) is 11.6. The van der Waals surface area contributed by atoms with E-state index >= 15 is 0 Å². The van der Waals surface area contributed by atoms with Gasteiger partial charge in [-0.25, -0.2) is 0 Å². The maximum absolute atomic E-state index is 9.27. The molecule has 3 heteroatoms. The summed E-state index contributed by atoms with van der Waals surface area (Å²) in [6.45, 7) is 2.48. The molecule has 3 unspecified atom stereocenters. The van der Waals surface area contributed by atoms with Gasteiger partial charge in [-0.1, -0.05) is 6.42 Å². The number of hydrogen-bond acceptors (Lipinski definition) is 3. The highest BCUT2D eigenvalue weighted by atomic mass is 16.3. The fourth-order valence-electron chi connectivity index (χ4n) is 2.54. The third-order valence-corrected chi connectivity index (χ3v) is 3.56. The summed E-state index contributed by atoms with van der Waals surface area (Å²) in [4.78, 5) is 4.02. The van der Waals surface area contributed by atoms with E-state index < -0.39 is 0 Å². The largest absolute Gasteiger partial charge is 0.396 e. The molecule has 2 rings (SSSR count). The third-order valence-electron chi connectivity index (χ3n) is 3.56. The fourth-order valence-corrected chi connectivity index (χ4v) is 2.54. The zero-order chi connectivity index (χ0) is 11.4. The Labute approximate surface area is 96.9 Å². The number of pyridine rings is 1. The van der Waals surface area contributed by atoms with Crippen LogP contribution in [0.4, 0.5) is 0 Å². The van der Waals surface area contributed by atoms with Gasteiger partial charge in [0.1, 0.15) is 0 Å². The van der Waals surface area contributed by atoms with Gasteiger partial charge in [-0.15, -0.1) is 0 Å². The molecule has 0 amide bonds. The minimum absolute atomic E-state index is 0.306. The Kier molecular flexibility index (Phi) is 3.91. The number of nitrogens with zero attached hydrogens (tertiary/aromatic N) is 1. The standard InChI is InChI=1S/C13H20N2O/c1-10(11-5-7-14-8-6-11)15-13-4-2-3-12(13)9-16/h5-8,10,12-13,15-16H,2-4,9H2,1H3. The number of hydrogen-bond donors (Lipinski definition) is 2. The van der Waals surface area contributed by atoms with E-state index in [0.29, 0.717) is 24.6 Å². The first-order valence-electron chi connectivity index (χ1n) is 6.08. The Hall–Kier alpha value is -0.930. The van der Waals surface area contributed by atoms with Crippen LogP contribution in [0, 0.1) is 5.92 Å². The SMILES string of the molecule is CC(NC1CCCC1CO)c1ccncc1. The van der Waals surface area contributed by atoms with Crippen molar-refractivity contribution in [2.45, 2.75) is 38.3 Å². The second-order valence-corrected chi connectivity index (χ2v) is 4.65. The van der Waals surface area contributed by atoms with E-state index in [2.05, 4.69) is 17.2 Å². The molecule has 0 radical (unpaired) electrons. The highest BCUT2D eigenvalue weighted by Crippen LogP contribution is 2.27. The molecule has 2 N–H and O–H groups in total. The van der Waals surface area contributed by atoms with Crippen molar-refractivity contribution in [2.24, 2.45) is 5.92 Å². The summed E-state index contributed by atoms with van der Waals surface area (Å²) >= 11 is 0. The van der Waals surface area contributed by atoms with Crippen LogP contribution in [-0.4, -0.2) is 22.7 Å². The molecule has 0 bridgehead atoms. The first-order valence-corrected chi connectivity index (χ1v) is 6.08. The van der Waals surface area contributed by atoms with Crippen molar-refractivity contribution >= 4 is 0 Å². The smallest absolute Gasteiger partial charge is 0.0474 e. The molecule has 0 aromatic carbocycles. The predicted molar refractivity (Wildman–Crippen MR) is 64.0 cm³/mol. The monoisotopic (exact) mass is 220 g/mol. The lowest BCUT2D eigenvalue weighted by Gasteiger charge is -2.24. The van der Waals surface area contributed by atoms with Crippen molar-refractivity contribution in [3.05, 3.63) is 30.1 Å². The van der Waals surface area contributed by atoms with Crippen LogP contribution in [0.15, 0.2) is 24.5 Å². The lowest BCUT2D eigenvalue weighted by Crippen LogP contribution is -2.35. The van der Waals surface area contributed by atoms with Crippen molar-refractivity contribution in [2.75, 3.05) is 6.61 Å². The van der Waals surface area contributed by atoms with Crippen LogP contribution >= 0.6 is 0 Å². The van der Waals surface area contributed by atoms with E-state index in [1.807, 2.05) is 24.5 Å². The fraction of sp³-hybridized carbons (Fsp3) is 0.615. The molecule has 1 heterocycles. The minimum Gasteiger partial charge on any atom is -0.396 e. The van der Waals surface area contributed by atoms with E-state index in [0.717, 1.165) is 6.42 Å². The van der Waals surface area contributed by atoms with Crippen LogP contribution in [0.2, 0.25) is 0 Å². The summed E-state index contributed by atoms with van der Waals surface area (Å²) < 4.78 is 0. The molecule has 1 aromatic heterocycles. The average Bonchev–Trinajstić information content (AvgIpc) is 2.77. The molecular weight excluding hydrogens is 200 g/mol. The molecule has 0 aliphatic heterocycles. The molecule has 1 saturated carbocycles. The van der Waals surface area contributed by atoms with E-state index in [-0.39, 0.29) is 0 Å². The Morgan fingerprint density at radius 1 is 1.44 bits per heavy atom. The van der Waals surface area contributed by atoms with E-state index in [1.165, 1.54) is 18.4 Å². The lowest BCUT2D eigenvalue weighted by molar-refractivity contribution is 0.200. The molecule has 1 aliphatic carbocycles. The maximum Gasteiger partial charge on any atom is 0.0474 e. The zero-order valence-corrected chi connectivity index (χ0v) is 9.76. The molecular formula is C13H20N2O. The maximum atomic E-state index is 9.27. The van der Waals surface area contributed by atoms with Crippen LogP contribution in [0.5, 0.6) is 0 Å². The van der Waals surface area contributed by atoms with Gasteiger partial charge >= 0.3 is 0 Å². The second-order valence-electron chi connectivity index (χ2n) is 4.65. The van der Waals surface area contributed by atoms with Gasteiger partial charge in [-0.05, 0) is 43.4 Å². The topological polar surface area (TPSA) is 45.1 Å². The number of aliphatic hydroxyl groups excluding tert-OH is 1. The summed E-state index contributed by atoms with van der Waals surface area (Å²) in [6.07, 6.45) is 7.21. The van der Waals surface area contributed by atoms with Gasteiger partial charge in [0.2, 0.25) is 0 Å². The normalized spacial score (nSPS) is 26.9. The molecule has 3 atom stereocenters. The van der Waals surface area contributed by atoms with Gasteiger partial charge in [0.15, 0.2) is 0 Å². The number of rotatable bonds is 4. The average molecular weight is 220 g/mol. The van der Waals surface area contributed by atoms with Gasteiger partial charge in [-0.3, -0.25) is 4.98 Å². The molecule has 1 aliphatic rings. The van der Waals surface area contributed by atoms with Crippen LogP contribution in [-0.2, 0) is 0 Å². The van der Waals surface area contributed by atoms with Crippen LogP contribution in [0.1, 0.15) is 37.8 Å². The minimum atomic E-state index is 0.306. The third kappa shape index (κ3) is 2.60. The van der Waals surface area contributed by atoms with E-state index in [9.17, 15) is 5.11 Å². The molecule has 16 heavy (non-hydrogen) atoms. The van der Waals surface area contributed by atoms with Gasteiger partial charge in [0, 0.05) is 31.1 Å². The van der Waals surface area contributed by atoms with Crippen molar-refractivity contribution in [1.29, 1.82) is 0 Å². The van der Waals surface area contributed by atoms with Crippen LogP contribution in [0.3, 0.4) is 0 Å². The molecule has 0 spiro atoms. The number of aromatic nitrogens is 1. The van der Waals surface area contributed by atoms with Crippen molar-refractivity contribution < 1.29 is 5.11 Å². The Morgan fingerprint density at radius 2 is 2.19 bits per heavy atom. The zero-order valence-electron chi connectivity index (χ0n) is 9.76. The van der Waals surface area contributed by atoms with Crippen LogP contribution in [0.25, 0.3) is 0 Å². The number of nitrogens with one attached hydrogen (secondary N) is 1. The van der Waals surface area contributed by atoms with Gasteiger partial charge in [-0.2, -0.15) is 0 Å². The summed E-state index contributed by atoms with van der Waals surface area (Å²) in [5.74, 6) is 0.435. The second kappa shape index (κ2) is 5.41. The predicted octanol–water partition coefficient (Wildman–Crippen LogP) is 1.89. The Bertz CT molecular complexity index is 315. The number of aliphatic hydroxyl groups is 1. The molecule has 1 aromatic rings. The quantitative estimate of drug-likeness (QED) is 0.814. The first-order chi connectivity index (χ1) is 7.81. The molecule has 0 saturated heterocycles. The summed E-state index contributed by atoms with van der Waals surface area (Å²) in [5.41, 5.74) is 1.26. The van der Waals surface area contributed by atoms with Crippen molar-refractivity contribution in [3.63, 3.8) is 0 Å². The molecule has 88 valence electrons. The highest BCUT2D eigenvalue weighted by molar-refractivity contribution is 5.14. The molecule has 1 fully saturated rings. The Balaban J connectivity index is 1.94. The summed E-state index contributed by atoms with van der Waals surface area (Å²) in [7, 11) is 0. The molecule has 3 nitrogen and oxygen atoms in total. The van der Waals surface area contributed by atoms with Crippen molar-refractivity contribution in [1.82, 2.24) is 10.3 Å². The van der Waals surface area contributed by atoms with Gasteiger partial charge in [0.05, 0.1) is 0 Å². The van der Waals surface area contributed by atoms with Crippen molar-refractivity contribution in [3.8, 4) is 0 Å². The Morgan fingerprint density at radius 3 is 2.88 bits per heavy atom.